The van der Waals surface area contributed by atoms with Crippen molar-refractivity contribution in [3.05, 3.63) is 0 Å². The average Bonchev–Trinajstić information content (AvgIpc) is 2.17. The van der Waals surface area contributed by atoms with Crippen molar-refractivity contribution < 1.29 is 0 Å². The van der Waals surface area contributed by atoms with Crippen molar-refractivity contribution in [1.29, 1.82) is 0 Å². The van der Waals surface area contributed by atoms with Crippen LogP contribution in [-0.4, -0.2) is 55.1 Å². The molecule has 2 aliphatic heterocycles. The summed E-state index contributed by atoms with van der Waals surface area (Å²) in [5, 5.41) is 0. The van der Waals surface area contributed by atoms with E-state index in [9.17, 15) is 0 Å². The fourth-order valence-electron chi connectivity index (χ4n) is 3.10. The first-order chi connectivity index (χ1) is 7.15. The molecule has 3 heteroatoms. The number of rotatable bonds is 1. The highest BCUT2D eigenvalue weighted by Gasteiger charge is 2.29. The summed E-state index contributed by atoms with van der Waals surface area (Å²) in [5.41, 5.74) is 6.10. The van der Waals surface area contributed by atoms with E-state index in [0.717, 1.165) is 18.5 Å². The van der Waals surface area contributed by atoms with Crippen LogP contribution in [-0.2, 0) is 0 Å². The normalized spacial score (nSPS) is 37.0. The molecule has 0 spiro atoms. The Labute approximate surface area is 93.6 Å². The molecule has 3 nitrogen and oxygen atoms in total. The van der Waals surface area contributed by atoms with Gasteiger partial charge in [0.2, 0.25) is 0 Å². The fraction of sp³-hybridized carbons (Fsp3) is 1.00. The molecule has 0 bridgehead atoms. The molecular weight excluding hydrogens is 186 g/mol. The second-order valence-electron chi connectivity index (χ2n) is 5.59. The maximum absolute atomic E-state index is 6.10. The van der Waals surface area contributed by atoms with Crippen LogP contribution in [0.1, 0.15) is 26.2 Å². The van der Waals surface area contributed by atoms with E-state index in [1.54, 1.807) is 0 Å². The average molecular weight is 211 g/mol. The zero-order valence-corrected chi connectivity index (χ0v) is 10.2. The Kier molecular flexibility index (Phi) is 3.65. The fourth-order valence-corrected chi connectivity index (χ4v) is 3.10. The summed E-state index contributed by atoms with van der Waals surface area (Å²) in [5.74, 6) is 0.786. The summed E-state index contributed by atoms with van der Waals surface area (Å²) < 4.78 is 0. The van der Waals surface area contributed by atoms with Crippen molar-refractivity contribution >= 4 is 0 Å². The highest BCUT2D eigenvalue weighted by molar-refractivity contribution is 4.86. The first kappa shape index (κ1) is 11.4. The number of piperidine rings is 2. The lowest BCUT2D eigenvalue weighted by molar-refractivity contribution is 0.0741. The Morgan fingerprint density at radius 2 is 1.80 bits per heavy atom. The van der Waals surface area contributed by atoms with E-state index >= 15 is 0 Å². The molecule has 88 valence electrons. The highest BCUT2D eigenvalue weighted by atomic mass is 15.2. The molecule has 2 saturated heterocycles. The van der Waals surface area contributed by atoms with Gasteiger partial charge in [0.25, 0.3) is 0 Å². The molecule has 0 radical (unpaired) electrons. The van der Waals surface area contributed by atoms with Crippen LogP contribution in [0.15, 0.2) is 0 Å². The molecule has 0 aromatic heterocycles. The number of hydrogen-bond donors (Lipinski definition) is 1. The third kappa shape index (κ3) is 2.92. The topological polar surface area (TPSA) is 32.5 Å². The van der Waals surface area contributed by atoms with Crippen molar-refractivity contribution in [2.75, 3.05) is 33.2 Å². The molecule has 2 rings (SSSR count). The van der Waals surface area contributed by atoms with E-state index in [2.05, 4.69) is 23.8 Å². The van der Waals surface area contributed by atoms with E-state index in [1.165, 1.54) is 38.9 Å². The molecule has 0 aromatic carbocycles. The van der Waals surface area contributed by atoms with E-state index in [4.69, 9.17) is 5.73 Å². The zero-order valence-electron chi connectivity index (χ0n) is 10.2. The van der Waals surface area contributed by atoms with Crippen molar-refractivity contribution in [2.45, 2.75) is 38.3 Å². The van der Waals surface area contributed by atoms with Gasteiger partial charge in [0.15, 0.2) is 0 Å². The van der Waals surface area contributed by atoms with Gasteiger partial charge in [-0.15, -0.1) is 0 Å². The molecular formula is C12H25N3. The predicted molar refractivity (Wildman–Crippen MR) is 63.8 cm³/mol. The van der Waals surface area contributed by atoms with E-state index in [0.29, 0.717) is 6.04 Å². The van der Waals surface area contributed by atoms with E-state index in [1.807, 2.05) is 0 Å². The lowest BCUT2D eigenvalue weighted by Gasteiger charge is -2.42. The summed E-state index contributed by atoms with van der Waals surface area (Å²) in [6.07, 6.45) is 3.87. The summed E-state index contributed by atoms with van der Waals surface area (Å²) in [6, 6.07) is 1.21. The molecule has 15 heavy (non-hydrogen) atoms. The van der Waals surface area contributed by atoms with Gasteiger partial charge >= 0.3 is 0 Å². The lowest BCUT2D eigenvalue weighted by atomic mass is 9.93. The SMILES string of the molecule is CC1CC(N)CN(C2CCN(C)CC2)C1. The first-order valence-corrected chi connectivity index (χ1v) is 6.33. The van der Waals surface area contributed by atoms with Crippen LogP contribution in [0.25, 0.3) is 0 Å². The third-order valence-corrected chi connectivity index (χ3v) is 3.92. The van der Waals surface area contributed by atoms with Gasteiger partial charge in [0.1, 0.15) is 0 Å². The number of nitrogens with two attached hydrogens (primary N) is 1. The number of nitrogens with zero attached hydrogens (tertiary/aromatic N) is 2. The van der Waals surface area contributed by atoms with Crippen molar-refractivity contribution in [1.82, 2.24) is 9.80 Å². The Morgan fingerprint density at radius 1 is 1.13 bits per heavy atom. The Balaban J connectivity index is 1.87. The monoisotopic (exact) mass is 211 g/mol. The smallest absolute Gasteiger partial charge is 0.0170 e. The first-order valence-electron chi connectivity index (χ1n) is 6.33. The standard InChI is InChI=1S/C12H25N3/c1-10-7-11(13)9-15(8-10)12-3-5-14(2)6-4-12/h10-12H,3-9,13H2,1-2H3. The number of likely N-dealkylation sites (tertiary alicyclic amines) is 2. The van der Waals surface area contributed by atoms with Gasteiger partial charge in [0, 0.05) is 25.2 Å². The van der Waals surface area contributed by atoms with Crippen LogP contribution in [0, 0.1) is 5.92 Å². The highest BCUT2D eigenvalue weighted by Crippen LogP contribution is 2.22. The Bertz CT molecular complexity index is 189. The van der Waals surface area contributed by atoms with Crippen molar-refractivity contribution in [3.63, 3.8) is 0 Å². The van der Waals surface area contributed by atoms with Gasteiger partial charge in [-0.05, 0) is 45.3 Å². The second-order valence-corrected chi connectivity index (χ2v) is 5.59. The van der Waals surface area contributed by atoms with E-state index < -0.39 is 0 Å². The molecule has 2 unspecified atom stereocenters. The predicted octanol–water partition coefficient (Wildman–Crippen LogP) is 0.750. The van der Waals surface area contributed by atoms with Crippen molar-refractivity contribution in [3.8, 4) is 0 Å². The summed E-state index contributed by atoms with van der Waals surface area (Å²) >= 11 is 0. The molecule has 2 heterocycles. The molecule has 0 saturated carbocycles. The van der Waals surface area contributed by atoms with Crippen LogP contribution in [0.4, 0.5) is 0 Å². The maximum atomic E-state index is 6.10. The molecule has 2 aliphatic rings. The van der Waals surface area contributed by atoms with Crippen LogP contribution in [0.5, 0.6) is 0 Å². The minimum atomic E-state index is 0.411. The van der Waals surface area contributed by atoms with Gasteiger partial charge in [-0.25, -0.2) is 0 Å². The van der Waals surface area contributed by atoms with Crippen LogP contribution in [0.2, 0.25) is 0 Å². The quantitative estimate of drug-likeness (QED) is 0.695. The minimum absolute atomic E-state index is 0.411. The molecule has 2 N–H and O–H groups in total. The van der Waals surface area contributed by atoms with Crippen molar-refractivity contribution in [2.24, 2.45) is 11.7 Å². The van der Waals surface area contributed by atoms with Crippen LogP contribution >= 0.6 is 0 Å². The van der Waals surface area contributed by atoms with Gasteiger partial charge in [0.05, 0.1) is 0 Å². The zero-order chi connectivity index (χ0) is 10.8. The second kappa shape index (κ2) is 4.81. The lowest BCUT2D eigenvalue weighted by Crippen LogP contribution is -2.53. The Hall–Kier alpha value is -0.120. The summed E-state index contributed by atoms with van der Waals surface area (Å²) in [7, 11) is 2.22. The maximum Gasteiger partial charge on any atom is 0.0170 e. The van der Waals surface area contributed by atoms with Gasteiger partial charge in [-0.1, -0.05) is 6.92 Å². The van der Waals surface area contributed by atoms with Gasteiger partial charge < -0.3 is 10.6 Å². The molecule has 2 fully saturated rings. The number of hydrogen-bond acceptors (Lipinski definition) is 3. The largest absolute Gasteiger partial charge is 0.327 e. The minimum Gasteiger partial charge on any atom is -0.327 e. The summed E-state index contributed by atoms with van der Waals surface area (Å²) in [6.45, 7) is 7.23. The van der Waals surface area contributed by atoms with Gasteiger partial charge in [-0.3, -0.25) is 4.90 Å². The Morgan fingerprint density at radius 3 is 2.40 bits per heavy atom. The van der Waals surface area contributed by atoms with E-state index in [-0.39, 0.29) is 0 Å². The molecule has 0 aliphatic carbocycles. The third-order valence-electron chi connectivity index (χ3n) is 3.92. The van der Waals surface area contributed by atoms with Crippen LogP contribution < -0.4 is 5.73 Å². The van der Waals surface area contributed by atoms with Crippen LogP contribution in [0.3, 0.4) is 0 Å². The molecule has 0 aromatic rings. The summed E-state index contributed by atoms with van der Waals surface area (Å²) in [4.78, 5) is 5.08. The molecule has 0 amide bonds. The molecule has 2 atom stereocenters. The van der Waals surface area contributed by atoms with Gasteiger partial charge in [-0.2, -0.15) is 0 Å².